The zero-order chi connectivity index (χ0) is 14.3. The summed E-state index contributed by atoms with van der Waals surface area (Å²) in [6.45, 7) is 2.99. The molecule has 3 heteroatoms. The smallest absolute Gasteiger partial charge is 0.0723 e. The van der Waals surface area contributed by atoms with Crippen molar-refractivity contribution in [1.29, 1.82) is 0 Å². The van der Waals surface area contributed by atoms with Gasteiger partial charge in [0.25, 0.3) is 0 Å². The summed E-state index contributed by atoms with van der Waals surface area (Å²) in [5.41, 5.74) is 0.279. The molecule has 4 aliphatic carbocycles. The van der Waals surface area contributed by atoms with E-state index >= 15 is 0 Å². The van der Waals surface area contributed by atoms with Crippen LogP contribution in [0.4, 0.5) is 0 Å². The maximum atomic E-state index is 10.9. The molecule has 4 bridgehead atoms. The second-order valence-electron chi connectivity index (χ2n) is 8.36. The van der Waals surface area contributed by atoms with E-state index in [4.69, 9.17) is 0 Å². The monoisotopic (exact) mass is 280 g/mol. The SMILES string of the molecule is CN(C)CCN(C)CC(O)C12CC3CC(CC(C3)C1)C2. The Hall–Kier alpha value is -0.120. The van der Waals surface area contributed by atoms with Gasteiger partial charge in [0.2, 0.25) is 0 Å². The van der Waals surface area contributed by atoms with Crippen LogP contribution in [0.5, 0.6) is 0 Å². The van der Waals surface area contributed by atoms with Crippen LogP contribution in [-0.2, 0) is 0 Å². The molecule has 0 radical (unpaired) electrons. The molecule has 1 unspecified atom stereocenters. The summed E-state index contributed by atoms with van der Waals surface area (Å²) in [4.78, 5) is 4.54. The van der Waals surface area contributed by atoms with Gasteiger partial charge in [-0.2, -0.15) is 0 Å². The Morgan fingerprint density at radius 2 is 1.45 bits per heavy atom. The Labute approximate surface area is 124 Å². The Bertz CT molecular complexity index is 307. The van der Waals surface area contributed by atoms with Gasteiger partial charge < -0.3 is 14.9 Å². The Kier molecular flexibility index (Phi) is 4.13. The van der Waals surface area contributed by atoms with Gasteiger partial charge in [0, 0.05) is 19.6 Å². The summed E-state index contributed by atoms with van der Waals surface area (Å²) in [6, 6.07) is 0. The quantitative estimate of drug-likeness (QED) is 0.807. The first kappa shape index (κ1) is 14.8. The third kappa shape index (κ3) is 2.90. The minimum atomic E-state index is -0.108. The van der Waals surface area contributed by atoms with Gasteiger partial charge >= 0.3 is 0 Å². The zero-order valence-corrected chi connectivity index (χ0v) is 13.5. The highest BCUT2D eigenvalue weighted by Gasteiger charge is 2.53. The van der Waals surface area contributed by atoms with Crippen LogP contribution in [0.25, 0.3) is 0 Å². The van der Waals surface area contributed by atoms with E-state index in [-0.39, 0.29) is 11.5 Å². The number of rotatable bonds is 6. The molecular formula is C17H32N2O. The molecule has 4 rings (SSSR count). The second-order valence-corrected chi connectivity index (χ2v) is 8.36. The lowest BCUT2D eigenvalue weighted by atomic mass is 9.48. The van der Waals surface area contributed by atoms with Crippen LogP contribution in [0.3, 0.4) is 0 Å². The molecule has 1 N–H and O–H groups in total. The average molecular weight is 280 g/mol. The standard InChI is InChI=1S/C17H32N2O/c1-18(2)4-5-19(3)12-16(20)17-9-13-6-14(10-17)8-15(7-13)11-17/h13-16,20H,4-12H2,1-3H3. The largest absolute Gasteiger partial charge is 0.391 e. The molecule has 0 spiro atoms. The molecule has 0 aromatic heterocycles. The Morgan fingerprint density at radius 3 is 1.90 bits per heavy atom. The van der Waals surface area contributed by atoms with Crippen molar-refractivity contribution in [2.75, 3.05) is 40.8 Å². The van der Waals surface area contributed by atoms with Crippen molar-refractivity contribution in [2.24, 2.45) is 23.2 Å². The fourth-order valence-corrected chi connectivity index (χ4v) is 5.54. The minimum Gasteiger partial charge on any atom is -0.391 e. The molecule has 3 nitrogen and oxygen atoms in total. The summed E-state index contributed by atoms with van der Waals surface area (Å²) in [5.74, 6) is 2.80. The van der Waals surface area contributed by atoms with E-state index in [1.165, 1.54) is 38.5 Å². The van der Waals surface area contributed by atoms with Crippen molar-refractivity contribution in [3.63, 3.8) is 0 Å². The van der Waals surface area contributed by atoms with Crippen LogP contribution in [0.15, 0.2) is 0 Å². The lowest BCUT2D eigenvalue weighted by Crippen LogP contribution is -2.54. The van der Waals surface area contributed by atoms with Gasteiger partial charge in [0.05, 0.1) is 6.10 Å². The van der Waals surface area contributed by atoms with Gasteiger partial charge in [0.15, 0.2) is 0 Å². The number of aliphatic hydroxyl groups excluding tert-OH is 1. The first-order valence-corrected chi connectivity index (χ1v) is 8.48. The molecular weight excluding hydrogens is 248 g/mol. The lowest BCUT2D eigenvalue weighted by Gasteiger charge is -2.58. The van der Waals surface area contributed by atoms with Crippen molar-refractivity contribution in [3.05, 3.63) is 0 Å². The fourth-order valence-electron chi connectivity index (χ4n) is 5.54. The lowest BCUT2D eigenvalue weighted by molar-refractivity contribution is -0.125. The second kappa shape index (κ2) is 5.58. The van der Waals surface area contributed by atoms with E-state index in [0.717, 1.165) is 37.4 Å². The molecule has 4 fully saturated rings. The molecule has 0 saturated heterocycles. The minimum absolute atomic E-state index is 0.108. The summed E-state index contributed by atoms with van der Waals surface area (Å²) >= 11 is 0. The Balaban J connectivity index is 1.58. The van der Waals surface area contributed by atoms with Crippen LogP contribution in [0, 0.1) is 23.2 Å². The van der Waals surface area contributed by atoms with Crippen molar-refractivity contribution < 1.29 is 5.11 Å². The number of aliphatic hydroxyl groups is 1. The third-order valence-electron chi connectivity index (χ3n) is 6.21. The van der Waals surface area contributed by atoms with E-state index in [1.807, 2.05) is 0 Å². The summed E-state index contributed by atoms with van der Waals surface area (Å²) in [7, 11) is 6.39. The normalized spacial score (nSPS) is 40.8. The number of hydrogen-bond acceptors (Lipinski definition) is 3. The van der Waals surface area contributed by atoms with Gasteiger partial charge in [-0.1, -0.05) is 0 Å². The highest BCUT2D eigenvalue weighted by Crippen LogP contribution is 2.61. The van der Waals surface area contributed by atoms with E-state index in [0.29, 0.717) is 0 Å². The molecule has 0 aliphatic heterocycles. The zero-order valence-electron chi connectivity index (χ0n) is 13.5. The average Bonchev–Trinajstić information content (AvgIpc) is 2.34. The van der Waals surface area contributed by atoms with Crippen LogP contribution in [-0.4, -0.2) is 61.8 Å². The summed E-state index contributed by atoms with van der Waals surface area (Å²) in [5, 5.41) is 10.9. The van der Waals surface area contributed by atoms with Crippen LogP contribution in [0.2, 0.25) is 0 Å². The maximum absolute atomic E-state index is 10.9. The predicted octanol–water partition coefficient (Wildman–Crippen LogP) is 2.06. The maximum Gasteiger partial charge on any atom is 0.0723 e. The number of likely N-dealkylation sites (N-methyl/N-ethyl adjacent to an activating group) is 2. The topological polar surface area (TPSA) is 26.7 Å². The van der Waals surface area contributed by atoms with Crippen LogP contribution < -0.4 is 0 Å². The molecule has 0 heterocycles. The third-order valence-corrected chi connectivity index (χ3v) is 6.21. The molecule has 0 amide bonds. The van der Waals surface area contributed by atoms with E-state index < -0.39 is 0 Å². The van der Waals surface area contributed by atoms with Gasteiger partial charge in [0.1, 0.15) is 0 Å². The highest BCUT2D eigenvalue weighted by molar-refractivity contribution is 5.04. The molecule has 0 aromatic rings. The van der Waals surface area contributed by atoms with Gasteiger partial charge in [-0.05, 0) is 82.8 Å². The van der Waals surface area contributed by atoms with Gasteiger partial charge in [-0.15, -0.1) is 0 Å². The molecule has 1 atom stereocenters. The van der Waals surface area contributed by atoms with Crippen molar-refractivity contribution in [2.45, 2.75) is 44.6 Å². The van der Waals surface area contributed by atoms with E-state index in [1.54, 1.807) is 0 Å². The molecule has 20 heavy (non-hydrogen) atoms. The first-order chi connectivity index (χ1) is 9.47. The number of hydrogen-bond donors (Lipinski definition) is 1. The van der Waals surface area contributed by atoms with Crippen molar-refractivity contribution in [3.8, 4) is 0 Å². The summed E-state index contributed by atoms with van der Waals surface area (Å²) in [6.07, 6.45) is 8.20. The van der Waals surface area contributed by atoms with E-state index in [2.05, 4.69) is 30.9 Å². The number of nitrogens with zero attached hydrogens (tertiary/aromatic N) is 2. The molecule has 4 saturated carbocycles. The predicted molar refractivity (Wildman–Crippen MR) is 82.7 cm³/mol. The van der Waals surface area contributed by atoms with Crippen molar-refractivity contribution in [1.82, 2.24) is 9.80 Å². The first-order valence-electron chi connectivity index (χ1n) is 8.48. The fraction of sp³-hybridized carbons (Fsp3) is 1.00. The molecule has 0 aromatic carbocycles. The Morgan fingerprint density at radius 1 is 0.950 bits per heavy atom. The van der Waals surface area contributed by atoms with Crippen LogP contribution >= 0.6 is 0 Å². The van der Waals surface area contributed by atoms with Crippen LogP contribution in [0.1, 0.15) is 38.5 Å². The van der Waals surface area contributed by atoms with Gasteiger partial charge in [-0.3, -0.25) is 0 Å². The van der Waals surface area contributed by atoms with Gasteiger partial charge in [-0.25, -0.2) is 0 Å². The van der Waals surface area contributed by atoms with Crippen molar-refractivity contribution >= 4 is 0 Å². The van der Waals surface area contributed by atoms with E-state index in [9.17, 15) is 5.11 Å². The molecule has 116 valence electrons. The molecule has 4 aliphatic rings. The summed E-state index contributed by atoms with van der Waals surface area (Å²) < 4.78 is 0. The highest BCUT2D eigenvalue weighted by atomic mass is 16.3.